The van der Waals surface area contributed by atoms with Crippen molar-refractivity contribution in [2.24, 2.45) is 0 Å². The minimum atomic E-state index is -4.89. The number of carbonyl (C=O) groups is 1. The first-order chi connectivity index (χ1) is 29.6. The van der Waals surface area contributed by atoms with Crippen LogP contribution in [-0.4, -0.2) is 23.8 Å². The Labute approximate surface area is 372 Å². The Morgan fingerprint density at radius 2 is 1.08 bits per heavy atom. The second-order valence-electron chi connectivity index (χ2n) is 17.3. The average Bonchev–Trinajstić information content (AvgIpc) is 3.23. The average molecular weight is 866 g/mol. The highest BCUT2D eigenvalue weighted by Gasteiger charge is 2.33. The van der Waals surface area contributed by atoms with Crippen molar-refractivity contribution in [3.8, 4) is 0 Å². The quantitative estimate of drug-likeness (QED) is 0.0294. The minimum absolute atomic E-state index is 0.0566. The summed E-state index contributed by atoms with van der Waals surface area (Å²) in [5.74, 6) is 0.0677. The van der Waals surface area contributed by atoms with Crippen molar-refractivity contribution in [2.45, 2.75) is 99.8 Å². The molecule has 0 aliphatic carbocycles. The summed E-state index contributed by atoms with van der Waals surface area (Å²) in [4.78, 5) is 23.5. The molecule has 0 spiro atoms. The van der Waals surface area contributed by atoms with Crippen LogP contribution in [-0.2, 0) is 10.1 Å². The summed E-state index contributed by atoms with van der Waals surface area (Å²) in [5.41, 5.74) is 17.1. The zero-order valence-electron chi connectivity index (χ0n) is 38.2. The summed E-state index contributed by atoms with van der Waals surface area (Å²) in [5, 5.41) is 21.3. The van der Waals surface area contributed by atoms with E-state index in [1.54, 1.807) is 12.1 Å². The number of nitro benzene ring substituents is 1. The van der Waals surface area contributed by atoms with Crippen LogP contribution in [0.2, 0.25) is 0 Å². The fourth-order valence-corrected chi connectivity index (χ4v) is 9.00. The largest absolute Gasteiger partial charge is 0.354 e. The number of rotatable bonds is 13. The molecule has 4 N–H and O–H groups in total. The molecule has 326 valence electrons. The van der Waals surface area contributed by atoms with Crippen LogP contribution in [0.15, 0.2) is 95.9 Å². The fourth-order valence-electron chi connectivity index (χ4n) is 8.28. The number of carbonyl (C=O) groups excluding carboxylic acids is 1. The molecular weight excluding hydrogens is 809 g/mol. The number of aryl methyl sites for hydroxylation is 4. The smallest absolute Gasteiger partial charge is 0.315 e. The number of non-ortho nitro benzene ring substituents is 1. The van der Waals surface area contributed by atoms with Gasteiger partial charge >= 0.3 is 10.1 Å². The molecule has 6 aromatic carbocycles. The Hall–Kier alpha value is -6.43. The lowest BCUT2D eigenvalue weighted by Crippen LogP contribution is -2.15. The zero-order valence-corrected chi connectivity index (χ0v) is 39.0. The summed E-state index contributed by atoms with van der Waals surface area (Å²) in [6.45, 7) is 25.4. The predicted molar refractivity (Wildman–Crippen MR) is 256 cm³/mol. The molecular formula is C52H57N4O6S+. The van der Waals surface area contributed by atoms with Crippen LogP contribution in [0.4, 0.5) is 34.1 Å². The van der Waals surface area contributed by atoms with Gasteiger partial charge in [0.2, 0.25) is 0 Å². The fraction of sp³-hybridized carbons (Fsp3) is 0.269. The molecule has 6 rings (SSSR count). The molecule has 0 aliphatic rings. The van der Waals surface area contributed by atoms with Gasteiger partial charge in [0.25, 0.3) is 11.6 Å². The summed E-state index contributed by atoms with van der Waals surface area (Å²) in [7, 11) is -4.89. The monoisotopic (exact) mass is 865 g/mol. The number of nitrogens with one attached hydrogen (secondary N) is 3. The standard InChI is InChI=1S/C52H56N4O6S/c1-28(2)44-25-39(15-21-46(44)54-50-32(7)23-30(5)34(9)36(50)11)49(40-16-22-47(45(26-40)29(3)4)55-51-33(8)24-31(6)35(10)37(51)12)43-20-17-41(27-48(43)63(60,61)62)53-52(57)38-13-18-42(19-14-38)56(58)59/h13-29,54-55H,1-12H3,(H-,53,57,60,61,62)/p+1. The Kier molecular flexibility index (Phi) is 13.3. The van der Waals surface area contributed by atoms with Crippen LogP contribution in [0.25, 0.3) is 0 Å². The Balaban J connectivity index is 1.54. The van der Waals surface area contributed by atoms with Gasteiger partial charge in [-0.05, 0) is 172 Å². The highest BCUT2D eigenvalue weighted by atomic mass is 32.2. The first kappa shape index (κ1) is 46.1. The van der Waals surface area contributed by atoms with Crippen LogP contribution in [0, 0.1) is 71.4 Å². The molecule has 0 aromatic heterocycles. The topological polar surface area (TPSA) is 151 Å². The number of nitrogens with zero attached hydrogens (tertiary/aromatic N) is 1. The minimum Gasteiger partial charge on any atom is -0.354 e. The molecule has 11 heteroatoms. The van der Waals surface area contributed by atoms with E-state index in [1.165, 1.54) is 52.6 Å². The normalized spacial score (nSPS) is 11.5. The molecule has 0 unspecified atom stereocenters. The summed E-state index contributed by atoms with van der Waals surface area (Å²) >= 11 is 0. The SMILES string of the molecule is Cc1cc(C)c(Nc2ccc([C+](c3ccc(Nc4c(C)cc(C)c(C)c4C)c(C(C)C)c3)c3ccc(NC(=O)c4ccc([N+](=O)[O-])cc4)cc3S(=O)(=O)O)cc2C(C)C)c(C)c1C. The van der Waals surface area contributed by atoms with Gasteiger partial charge in [-0.1, -0.05) is 39.8 Å². The van der Waals surface area contributed by atoms with Crippen molar-refractivity contribution >= 4 is 50.1 Å². The Morgan fingerprint density at radius 3 is 1.49 bits per heavy atom. The van der Waals surface area contributed by atoms with E-state index in [1.807, 2.05) is 24.3 Å². The van der Waals surface area contributed by atoms with E-state index in [9.17, 15) is 27.9 Å². The first-order valence-corrected chi connectivity index (χ1v) is 22.5. The maximum absolute atomic E-state index is 13.5. The van der Waals surface area contributed by atoms with Gasteiger partial charge in [0.05, 0.1) is 44.6 Å². The number of anilines is 5. The third kappa shape index (κ3) is 9.65. The predicted octanol–water partition coefficient (Wildman–Crippen LogP) is 13.3. The third-order valence-electron chi connectivity index (χ3n) is 12.3. The van der Waals surface area contributed by atoms with E-state index < -0.39 is 25.8 Å². The number of nitro groups is 1. The first-order valence-electron chi connectivity index (χ1n) is 21.1. The molecule has 0 radical (unpaired) electrons. The van der Waals surface area contributed by atoms with Gasteiger partial charge in [0.15, 0.2) is 0 Å². The number of hydrogen-bond acceptors (Lipinski definition) is 7. The molecule has 1 amide bonds. The van der Waals surface area contributed by atoms with Crippen LogP contribution in [0.1, 0.15) is 122 Å². The number of hydrogen-bond donors (Lipinski definition) is 4. The Morgan fingerprint density at radius 1 is 0.619 bits per heavy atom. The summed E-state index contributed by atoms with van der Waals surface area (Å²) in [6.07, 6.45) is 0. The van der Waals surface area contributed by atoms with E-state index in [2.05, 4.69) is 123 Å². The molecule has 6 aromatic rings. The maximum atomic E-state index is 13.5. The van der Waals surface area contributed by atoms with Gasteiger partial charge in [-0.3, -0.25) is 19.5 Å². The molecule has 0 bridgehead atoms. The van der Waals surface area contributed by atoms with Gasteiger partial charge in [-0.25, -0.2) is 0 Å². The molecule has 0 heterocycles. The zero-order chi connectivity index (χ0) is 46.2. The van der Waals surface area contributed by atoms with E-state index in [0.29, 0.717) is 5.92 Å². The van der Waals surface area contributed by atoms with Crippen molar-refractivity contribution in [2.75, 3.05) is 16.0 Å². The Bertz CT molecular complexity index is 2760. The molecule has 10 nitrogen and oxygen atoms in total. The van der Waals surface area contributed by atoms with Gasteiger partial charge in [-0.2, -0.15) is 8.42 Å². The second kappa shape index (κ2) is 18.1. The van der Waals surface area contributed by atoms with Crippen LogP contribution in [0.3, 0.4) is 0 Å². The van der Waals surface area contributed by atoms with Gasteiger partial charge in [0.1, 0.15) is 4.90 Å². The van der Waals surface area contributed by atoms with Crippen LogP contribution in [0.5, 0.6) is 0 Å². The molecule has 0 aliphatic heterocycles. The van der Waals surface area contributed by atoms with Gasteiger partial charge in [0, 0.05) is 46.3 Å². The molecule has 0 saturated heterocycles. The molecule has 0 atom stereocenters. The molecule has 0 fully saturated rings. The summed E-state index contributed by atoms with van der Waals surface area (Å²) in [6, 6.07) is 26.0. The van der Waals surface area contributed by atoms with E-state index in [0.717, 1.165) is 67.3 Å². The van der Waals surface area contributed by atoms with Crippen molar-refractivity contribution in [3.05, 3.63) is 185 Å². The summed E-state index contributed by atoms with van der Waals surface area (Å²) < 4.78 is 37.9. The third-order valence-corrected chi connectivity index (χ3v) is 13.2. The highest BCUT2D eigenvalue weighted by Crippen LogP contribution is 2.42. The van der Waals surface area contributed by atoms with Crippen LogP contribution < -0.4 is 16.0 Å². The maximum Gasteiger partial charge on any atom is 0.315 e. The van der Waals surface area contributed by atoms with Crippen molar-refractivity contribution in [1.82, 2.24) is 0 Å². The van der Waals surface area contributed by atoms with Gasteiger partial charge < -0.3 is 16.0 Å². The second-order valence-corrected chi connectivity index (χ2v) is 18.6. The van der Waals surface area contributed by atoms with Crippen molar-refractivity contribution in [3.63, 3.8) is 0 Å². The van der Waals surface area contributed by atoms with Crippen molar-refractivity contribution in [1.29, 1.82) is 0 Å². The number of benzene rings is 6. The van der Waals surface area contributed by atoms with E-state index in [4.69, 9.17) is 0 Å². The molecule has 0 saturated carbocycles. The van der Waals surface area contributed by atoms with Gasteiger partial charge in [-0.15, -0.1) is 0 Å². The van der Waals surface area contributed by atoms with Crippen molar-refractivity contribution < 1.29 is 22.7 Å². The number of amides is 1. The highest BCUT2D eigenvalue weighted by molar-refractivity contribution is 7.86. The lowest BCUT2D eigenvalue weighted by atomic mass is 9.81. The van der Waals surface area contributed by atoms with Crippen LogP contribution >= 0.6 is 0 Å². The van der Waals surface area contributed by atoms with E-state index in [-0.39, 0.29) is 34.3 Å². The lowest BCUT2D eigenvalue weighted by Gasteiger charge is -2.23. The molecule has 63 heavy (non-hydrogen) atoms. The lowest BCUT2D eigenvalue weighted by molar-refractivity contribution is -0.384. The van der Waals surface area contributed by atoms with E-state index >= 15 is 0 Å².